The summed E-state index contributed by atoms with van der Waals surface area (Å²) in [4.78, 5) is 11.7. The van der Waals surface area contributed by atoms with E-state index in [1.54, 1.807) is 7.11 Å². The van der Waals surface area contributed by atoms with E-state index >= 15 is 0 Å². The number of ether oxygens (including phenoxy) is 1. The second kappa shape index (κ2) is 6.42. The average Bonchev–Trinajstić information content (AvgIpc) is 2.15. The molecule has 16 heavy (non-hydrogen) atoms. The van der Waals surface area contributed by atoms with Gasteiger partial charge in [0.2, 0.25) is 5.91 Å². The van der Waals surface area contributed by atoms with Gasteiger partial charge in [0, 0.05) is 7.11 Å². The van der Waals surface area contributed by atoms with Crippen LogP contribution in [0.4, 0.5) is 0 Å². The summed E-state index contributed by atoms with van der Waals surface area (Å²) in [5.41, 5.74) is 0. The Morgan fingerprint density at radius 3 is 2.56 bits per heavy atom. The van der Waals surface area contributed by atoms with Gasteiger partial charge in [-0.2, -0.15) is 0 Å². The Kier molecular flexibility index (Phi) is 5.52. The number of methoxy groups -OCH3 is 1. The standard InChI is InChI=1S/C11H20N2O2.ClH/c1-15-10-5-3-2-4-8(10)13-11(14)9-6-7-12-9;/h8-10,12H,2-7H2,1H3,(H,13,14);1H/t8?,9-,10?;/m1./s1. The van der Waals surface area contributed by atoms with Gasteiger partial charge in [-0.3, -0.25) is 4.79 Å². The molecule has 1 aliphatic carbocycles. The third-order valence-corrected chi connectivity index (χ3v) is 3.47. The fraction of sp³-hybridized carbons (Fsp3) is 0.909. The zero-order chi connectivity index (χ0) is 10.7. The van der Waals surface area contributed by atoms with Crippen LogP contribution in [-0.2, 0) is 9.53 Å². The van der Waals surface area contributed by atoms with E-state index in [0.717, 1.165) is 25.8 Å². The van der Waals surface area contributed by atoms with Crippen molar-refractivity contribution < 1.29 is 9.53 Å². The first kappa shape index (κ1) is 13.7. The van der Waals surface area contributed by atoms with Gasteiger partial charge in [-0.25, -0.2) is 0 Å². The van der Waals surface area contributed by atoms with E-state index in [9.17, 15) is 4.79 Å². The molecule has 0 radical (unpaired) electrons. The van der Waals surface area contributed by atoms with Crippen LogP contribution >= 0.6 is 12.4 Å². The first-order valence-corrected chi connectivity index (χ1v) is 5.88. The Balaban J connectivity index is 0.00000128. The van der Waals surface area contributed by atoms with Crippen LogP contribution in [0.1, 0.15) is 32.1 Å². The first-order chi connectivity index (χ1) is 7.31. The maximum atomic E-state index is 11.7. The lowest BCUT2D eigenvalue weighted by Gasteiger charge is -2.34. The molecule has 5 heteroatoms. The van der Waals surface area contributed by atoms with E-state index < -0.39 is 0 Å². The molecule has 2 aliphatic rings. The van der Waals surface area contributed by atoms with Crippen LogP contribution in [0.2, 0.25) is 0 Å². The highest BCUT2D eigenvalue weighted by atomic mass is 35.5. The molecule has 0 bridgehead atoms. The Hall–Kier alpha value is -0.320. The average molecular weight is 249 g/mol. The van der Waals surface area contributed by atoms with Crippen molar-refractivity contribution in [2.45, 2.75) is 50.3 Å². The molecule has 0 spiro atoms. The van der Waals surface area contributed by atoms with Crippen LogP contribution in [0, 0.1) is 0 Å². The summed E-state index contributed by atoms with van der Waals surface area (Å²) in [6.07, 6.45) is 5.71. The van der Waals surface area contributed by atoms with Crippen LogP contribution in [0.25, 0.3) is 0 Å². The summed E-state index contributed by atoms with van der Waals surface area (Å²) in [6, 6.07) is 0.267. The van der Waals surface area contributed by atoms with Crippen LogP contribution in [0.5, 0.6) is 0 Å². The molecule has 2 rings (SSSR count). The van der Waals surface area contributed by atoms with Gasteiger partial charge in [-0.15, -0.1) is 12.4 Å². The van der Waals surface area contributed by atoms with E-state index in [1.807, 2.05) is 0 Å². The summed E-state index contributed by atoms with van der Waals surface area (Å²) < 4.78 is 5.40. The molecule has 0 aromatic rings. The number of halogens is 1. The second-order valence-electron chi connectivity index (χ2n) is 4.47. The molecule has 1 heterocycles. The number of nitrogens with one attached hydrogen (secondary N) is 2. The largest absolute Gasteiger partial charge is 0.379 e. The maximum absolute atomic E-state index is 11.7. The SMILES string of the molecule is COC1CCCCC1NC(=O)[C@H]1CCN1.Cl. The minimum Gasteiger partial charge on any atom is -0.379 e. The molecule has 3 atom stereocenters. The zero-order valence-corrected chi connectivity index (χ0v) is 10.5. The predicted octanol–water partition coefficient (Wildman–Crippen LogP) is 0.844. The number of hydrogen-bond donors (Lipinski definition) is 2. The van der Waals surface area contributed by atoms with Gasteiger partial charge in [-0.05, 0) is 25.8 Å². The monoisotopic (exact) mass is 248 g/mol. The lowest BCUT2D eigenvalue weighted by molar-refractivity contribution is -0.126. The maximum Gasteiger partial charge on any atom is 0.237 e. The number of carbonyl (C=O) groups excluding carboxylic acids is 1. The van der Waals surface area contributed by atoms with Gasteiger partial charge in [0.25, 0.3) is 0 Å². The van der Waals surface area contributed by atoms with Crippen molar-refractivity contribution >= 4 is 18.3 Å². The van der Waals surface area contributed by atoms with Crippen molar-refractivity contribution in [3.63, 3.8) is 0 Å². The lowest BCUT2D eigenvalue weighted by Crippen LogP contribution is -2.57. The zero-order valence-electron chi connectivity index (χ0n) is 9.70. The number of hydrogen-bond acceptors (Lipinski definition) is 3. The van der Waals surface area contributed by atoms with E-state index in [1.165, 1.54) is 12.8 Å². The molecule has 1 saturated heterocycles. The number of carbonyl (C=O) groups is 1. The van der Waals surface area contributed by atoms with Gasteiger partial charge in [0.15, 0.2) is 0 Å². The van der Waals surface area contributed by atoms with E-state index in [2.05, 4.69) is 10.6 Å². The molecule has 2 unspecified atom stereocenters. The molecule has 2 N–H and O–H groups in total. The molecule has 1 amide bonds. The van der Waals surface area contributed by atoms with Crippen molar-refractivity contribution in [2.75, 3.05) is 13.7 Å². The van der Waals surface area contributed by atoms with E-state index in [-0.39, 0.29) is 36.5 Å². The normalized spacial score (nSPS) is 33.4. The van der Waals surface area contributed by atoms with Gasteiger partial charge in [-0.1, -0.05) is 12.8 Å². The van der Waals surface area contributed by atoms with Crippen molar-refractivity contribution in [1.82, 2.24) is 10.6 Å². The number of rotatable bonds is 3. The Bertz CT molecular complexity index is 234. The van der Waals surface area contributed by atoms with Gasteiger partial charge >= 0.3 is 0 Å². The Morgan fingerprint density at radius 1 is 1.31 bits per heavy atom. The highest BCUT2D eigenvalue weighted by Crippen LogP contribution is 2.21. The fourth-order valence-corrected chi connectivity index (χ4v) is 2.34. The summed E-state index contributed by atoms with van der Waals surface area (Å²) in [5, 5.41) is 6.21. The Labute approximate surface area is 103 Å². The Morgan fingerprint density at radius 2 is 2.00 bits per heavy atom. The number of amides is 1. The quantitative estimate of drug-likeness (QED) is 0.779. The van der Waals surface area contributed by atoms with Crippen molar-refractivity contribution in [3.05, 3.63) is 0 Å². The van der Waals surface area contributed by atoms with E-state index in [0.29, 0.717) is 0 Å². The minimum atomic E-state index is 0. The molecule has 0 aromatic carbocycles. The molecule has 1 aliphatic heterocycles. The summed E-state index contributed by atoms with van der Waals surface area (Å²) in [6.45, 7) is 0.969. The third-order valence-electron chi connectivity index (χ3n) is 3.47. The van der Waals surface area contributed by atoms with Crippen LogP contribution in [-0.4, -0.2) is 37.7 Å². The van der Waals surface area contributed by atoms with Crippen LogP contribution < -0.4 is 10.6 Å². The van der Waals surface area contributed by atoms with Crippen LogP contribution in [0.3, 0.4) is 0 Å². The molecule has 4 nitrogen and oxygen atoms in total. The van der Waals surface area contributed by atoms with Crippen molar-refractivity contribution in [2.24, 2.45) is 0 Å². The smallest absolute Gasteiger partial charge is 0.237 e. The molecule has 0 aromatic heterocycles. The molecule has 1 saturated carbocycles. The third kappa shape index (κ3) is 3.09. The first-order valence-electron chi connectivity index (χ1n) is 5.88. The van der Waals surface area contributed by atoms with Gasteiger partial charge in [0.1, 0.15) is 0 Å². The summed E-state index contributed by atoms with van der Waals surface area (Å²) in [7, 11) is 1.73. The van der Waals surface area contributed by atoms with E-state index in [4.69, 9.17) is 4.74 Å². The highest BCUT2D eigenvalue weighted by molar-refractivity contribution is 5.85. The molecular weight excluding hydrogens is 228 g/mol. The summed E-state index contributed by atoms with van der Waals surface area (Å²) in [5.74, 6) is 0.148. The minimum absolute atomic E-state index is 0. The second-order valence-corrected chi connectivity index (χ2v) is 4.47. The summed E-state index contributed by atoms with van der Waals surface area (Å²) >= 11 is 0. The fourth-order valence-electron chi connectivity index (χ4n) is 2.34. The van der Waals surface area contributed by atoms with Gasteiger partial charge in [0.05, 0.1) is 18.2 Å². The van der Waals surface area contributed by atoms with Gasteiger partial charge < -0.3 is 15.4 Å². The lowest BCUT2D eigenvalue weighted by atomic mass is 9.92. The van der Waals surface area contributed by atoms with Crippen LogP contribution in [0.15, 0.2) is 0 Å². The predicted molar refractivity (Wildman–Crippen MR) is 64.9 cm³/mol. The topological polar surface area (TPSA) is 50.4 Å². The molecule has 94 valence electrons. The molecule has 2 fully saturated rings. The van der Waals surface area contributed by atoms with Crippen molar-refractivity contribution in [1.29, 1.82) is 0 Å². The van der Waals surface area contributed by atoms with Crippen molar-refractivity contribution in [3.8, 4) is 0 Å². The molecular formula is C11H21ClN2O2. The highest BCUT2D eigenvalue weighted by Gasteiger charge is 2.30.